The van der Waals surface area contributed by atoms with Gasteiger partial charge in [-0.25, -0.2) is 0 Å². The van der Waals surface area contributed by atoms with Crippen molar-refractivity contribution >= 4 is 17.4 Å². The minimum absolute atomic E-state index is 0.0446. The molecule has 2 aromatic carbocycles. The van der Waals surface area contributed by atoms with Crippen molar-refractivity contribution in [3.8, 4) is 17.2 Å². The van der Waals surface area contributed by atoms with Crippen molar-refractivity contribution < 1.29 is 33.6 Å². The molecule has 2 atom stereocenters. The topological polar surface area (TPSA) is 97.8 Å². The van der Waals surface area contributed by atoms with E-state index in [1.165, 1.54) is 0 Å². The summed E-state index contributed by atoms with van der Waals surface area (Å²) in [5.41, 5.74) is 2.21. The number of unbranched alkanes of at least 4 members (excludes halogenated alkanes) is 1. The second kappa shape index (κ2) is 13.0. The van der Waals surface area contributed by atoms with Crippen LogP contribution in [-0.4, -0.2) is 85.3 Å². The first-order valence-electron chi connectivity index (χ1n) is 14.7. The van der Waals surface area contributed by atoms with Crippen LogP contribution < -0.4 is 14.2 Å². The lowest BCUT2D eigenvalue weighted by Crippen LogP contribution is -2.42. The SMILES string of the molecule is CCCCOc1ccc([C@@H]2/C(=C(\O)c3ccc4c(c3)C[C@@H](C)O4)C(=O)C(=O)N2CCN2CCOCC2)cc1OCC. The first-order valence-corrected chi connectivity index (χ1v) is 14.7. The summed E-state index contributed by atoms with van der Waals surface area (Å²) in [7, 11) is 0. The number of hydrogen-bond acceptors (Lipinski definition) is 8. The van der Waals surface area contributed by atoms with Crippen LogP contribution in [0.5, 0.6) is 17.2 Å². The van der Waals surface area contributed by atoms with Gasteiger partial charge in [0.15, 0.2) is 11.5 Å². The van der Waals surface area contributed by atoms with Crippen LogP contribution in [0, 0.1) is 0 Å². The third kappa shape index (κ3) is 6.21. The fraction of sp³-hybridized carbons (Fsp3) is 0.500. The summed E-state index contributed by atoms with van der Waals surface area (Å²) in [4.78, 5) is 30.9. The summed E-state index contributed by atoms with van der Waals surface area (Å²) >= 11 is 0. The van der Waals surface area contributed by atoms with E-state index in [0.717, 1.165) is 37.2 Å². The van der Waals surface area contributed by atoms with Crippen LogP contribution in [0.4, 0.5) is 0 Å². The third-order valence-corrected chi connectivity index (χ3v) is 7.81. The fourth-order valence-electron chi connectivity index (χ4n) is 5.66. The number of benzene rings is 2. The van der Waals surface area contributed by atoms with Crippen molar-refractivity contribution in [1.29, 1.82) is 0 Å². The molecule has 2 aromatic rings. The Morgan fingerprint density at radius 3 is 2.59 bits per heavy atom. The minimum atomic E-state index is -0.775. The zero-order chi connectivity index (χ0) is 28.9. The third-order valence-electron chi connectivity index (χ3n) is 7.81. The Hall–Kier alpha value is -3.56. The van der Waals surface area contributed by atoms with E-state index >= 15 is 0 Å². The number of likely N-dealkylation sites (tertiary alicyclic amines) is 1. The van der Waals surface area contributed by atoms with E-state index in [4.69, 9.17) is 18.9 Å². The number of ether oxygens (including phenoxy) is 4. The van der Waals surface area contributed by atoms with Gasteiger partial charge in [0.1, 0.15) is 17.6 Å². The maximum atomic E-state index is 13.6. The van der Waals surface area contributed by atoms with Gasteiger partial charge in [-0.05, 0) is 61.7 Å². The highest BCUT2D eigenvalue weighted by atomic mass is 16.5. The average molecular weight is 565 g/mol. The minimum Gasteiger partial charge on any atom is -0.507 e. The highest BCUT2D eigenvalue weighted by Crippen LogP contribution is 2.43. The lowest BCUT2D eigenvalue weighted by Gasteiger charge is -2.31. The molecule has 0 radical (unpaired) electrons. The molecule has 9 heteroatoms. The standard InChI is InChI=1S/C32H40N2O7/c1-4-6-15-40-26-10-7-22(20-27(26)39-5-2)29-28(30(35)23-8-9-25-24(19-23)18-21(3)41-25)31(36)32(37)34(29)12-11-33-13-16-38-17-14-33/h7-10,19-21,29,35H,4-6,11-18H2,1-3H3/b30-28+/t21-,29-/m1/s1. The number of rotatable bonds is 11. The van der Waals surface area contributed by atoms with E-state index in [9.17, 15) is 14.7 Å². The number of ketones is 1. The lowest BCUT2D eigenvalue weighted by molar-refractivity contribution is -0.140. The maximum Gasteiger partial charge on any atom is 0.295 e. The van der Waals surface area contributed by atoms with Crippen molar-refractivity contribution in [3.05, 3.63) is 58.7 Å². The molecule has 0 spiro atoms. The molecule has 0 aromatic heterocycles. The number of hydrogen-bond donors (Lipinski definition) is 1. The highest BCUT2D eigenvalue weighted by molar-refractivity contribution is 6.46. The normalized spacial score (nSPS) is 22.1. The summed E-state index contributed by atoms with van der Waals surface area (Å²) < 4.78 is 23.2. The van der Waals surface area contributed by atoms with Crippen LogP contribution in [0.15, 0.2) is 42.0 Å². The van der Waals surface area contributed by atoms with Gasteiger partial charge in [0.2, 0.25) is 0 Å². The quantitative estimate of drug-likeness (QED) is 0.186. The Balaban J connectivity index is 1.54. The Bertz CT molecular complexity index is 1300. The highest BCUT2D eigenvalue weighted by Gasteiger charge is 2.46. The number of amides is 1. The first-order chi connectivity index (χ1) is 19.9. The zero-order valence-corrected chi connectivity index (χ0v) is 24.2. The maximum absolute atomic E-state index is 13.6. The predicted octanol–water partition coefficient (Wildman–Crippen LogP) is 4.34. The number of nitrogens with zero attached hydrogens (tertiary/aromatic N) is 2. The van der Waals surface area contributed by atoms with Gasteiger partial charge in [-0.15, -0.1) is 0 Å². The molecule has 5 rings (SSSR count). The molecule has 1 N–H and O–H groups in total. The molecular formula is C32H40N2O7. The molecular weight excluding hydrogens is 524 g/mol. The molecule has 3 aliphatic heterocycles. The van der Waals surface area contributed by atoms with Crippen molar-refractivity contribution in [2.45, 2.75) is 52.2 Å². The van der Waals surface area contributed by atoms with Gasteiger partial charge >= 0.3 is 0 Å². The first kappa shape index (κ1) is 29.0. The van der Waals surface area contributed by atoms with Gasteiger partial charge < -0.3 is 29.0 Å². The van der Waals surface area contributed by atoms with Gasteiger partial charge in [-0.2, -0.15) is 0 Å². The average Bonchev–Trinajstić information content (AvgIpc) is 3.48. The van der Waals surface area contributed by atoms with E-state index in [1.807, 2.05) is 44.2 Å². The monoisotopic (exact) mass is 564 g/mol. The molecule has 3 aliphatic rings. The smallest absolute Gasteiger partial charge is 0.295 e. The van der Waals surface area contributed by atoms with Crippen molar-refractivity contribution in [1.82, 2.24) is 9.80 Å². The van der Waals surface area contributed by atoms with Crippen LogP contribution >= 0.6 is 0 Å². The van der Waals surface area contributed by atoms with E-state index in [2.05, 4.69) is 11.8 Å². The molecule has 2 fully saturated rings. The van der Waals surface area contributed by atoms with Crippen LogP contribution in [0.3, 0.4) is 0 Å². The molecule has 1 amide bonds. The number of fused-ring (bicyclic) bond motifs is 1. The molecule has 0 aliphatic carbocycles. The Kier molecular flexibility index (Phi) is 9.15. The van der Waals surface area contributed by atoms with Gasteiger partial charge in [0.25, 0.3) is 11.7 Å². The van der Waals surface area contributed by atoms with Crippen LogP contribution in [0.25, 0.3) is 5.76 Å². The number of aliphatic hydroxyl groups is 1. The molecule has 0 bridgehead atoms. The van der Waals surface area contributed by atoms with Gasteiger partial charge in [-0.1, -0.05) is 19.4 Å². The Morgan fingerprint density at radius 2 is 1.83 bits per heavy atom. The number of Topliss-reactive ketones (excluding diaryl/α,β-unsaturated/α-hetero) is 1. The number of carbonyl (C=O) groups is 2. The Morgan fingerprint density at radius 1 is 1.02 bits per heavy atom. The zero-order valence-electron chi connectivity index (χ0n) is 24.2. The van der Waals surface area contributed by atoms with Crippen molar-refractivity contribution in [3.63, 3.8) is 0 Å². The van der Waals surface area contributed by atoms with Gasteiger partial charge in [-0.3, -0.25) is 14.5 Å². The van der Waals surface area contributed by atoms with Crippen LogP contribution in [0.2, 0.25) is 0 Å². The molecule has 41 heavy (non-hydrogen) atoms. The summed E-state index contributed by atoms with van der Waals surface area (Å²) in [5.74, 6) is 0.429. The molecule has 220 valence electrons. The number of morpholine rings is 1. The summed E-state index contributed by atoms with van der Waals surface area (Å²) in [5, 5.41) is 11.6. The van der Waals surface area contributed by atoms with Gasteiger partial charge in [0.05, 0.1) is 38.0 Å². The van der Waals surface area contributed by atoms with E-state index < -0.39 is 17.7 Å². The van der Waals surface area contributed by atoms with Crippen LogP contribution in [-0.2, 0) is 20.7 Å². The molecule has 0 saturated carbocycles. The lowest BCUT2D eigenvalue weighted by atomic mass is 9.94. The molecule has 2 saturated heterocycles. The van der Waals surface area contributed by atoms with Gasteiger partial charge in [0, 0.05) is 38.2 Å². The van der Waals surface area contributed by atoms with E-state index in [-0.39, 0.29) is 17.4 Å². The van der Waals surface area contributed by atoms with Crippen LogP contribution in [0.1, 0.15) is 56.3 Å². The molecule has 9 nitrogen and oxygen atoms in total. The molecule has 3 heterocycles. The Labute approximate surface area is 241 Å². The fourth-order valence-corrected chi connectivity index (χ4v) is 5.66. The largest absolute Gasteiger partial charge is 0.507 e. The second-order valence-electron chi connectivity index (χ2n) is 10.7. The number of carbonyl (C=O) groups excluding carboxylic acids is 2. The molecule has 0 unspecified atom stereocenters. The van der Waals surface area contributed by atoms with E-state index in [1.54, 1.807) is 11.0 Å². The van der Waals surface area contributed by atoms with Crippen molar-refractivity contribution in [2.24, 2.45) is 0 Å². The van der Waals surface area contributed by atoms with E-state index in [0.29, 0.717) is 68.6 Å². The predicted molar refractivity (Wildman–Crippen MR) is 155 cm³/mol. The second-order valence-corrected chi connectivity index (χ2v) is 10.7. The summed E-state index contributed by atoms with van der Waals surface area (Å²) in [6, 6.07) is 10.1. The number of aliphatic hydroxyl groups excluding tert-OH is 1. The van der Waals surface area contributed by atoms with Crippen molar-refractivity contribution in [2.75, 3.05) is 52.6 Å². The summed E-state index contributed by atoms with van der Waals surface area (Å²) in [6.45, 7) is 10.7. The summed E-state index contributed by atoms with van der Waals surface area (Å²) in [6.07, 6.45) is 2.68.